The van der Waals surface area contributed by atoms with Crippen LogP contribution in [0.1, 0.15) is 0 Å². The Bertz CT molecular complexity index is 901. The van der Waals surface area contributed by atoms with E-state index in [-0.39, 0.29) is 0 Å². The molecule has 0 fully saturated rings. The van der Waals surface area contributed by atoms with Crippen molar-refractivity contribution in [2.75, 3.05) is 0 Å². The molecule has 20 heavy (non-hydrogen) atoms. The summed E-state index contributed by atoms with van der Waals surface area (Å²) in [6.07, 6.45) is 5.26. The van der Waals surface area contributed by atoms with Gasteiger partial charge in [0.1, 0.15) is 6.33 Å². The number of aromatic nitrogens is 3. The molecular formula is C17H11N3. The molecule has 0 atom stereocenters. The minimum Gasteiger partial charge on any atom is -0.256 e. The molecule has 0 radical (unpaired) electrons. The zero-order valence-corrected chi connectivity index (χ0v) is 10.7. The Hall–Kier alpha value is -2.81. The van der Waals surface area contributed by atoms with Crippen LogP contribution in [0.2, 0.25) is 0 Å². The van der Waals surface area contributed by atoms with Gasteiger partial charge >= 0.3 is 0 Å². The molecule has 0 spiro atoms. The maximum atomic E-state index is 4.55. The summed E-state index contributed by atoms with van der Waals surface area (Å²) in [5.74, 6) is 0. The fourth-order valence-corrected chi connectivity index (χ4v) is 2.57. The maximum Gasteiger partial charge on any atom is 0.116 e. The van der Waals surface area contributed by atoms with Crippen LogP contribution in [0, 0.1) is 0 Å². The van der Waals surface area contributed by atoms with Crippen molar-refractivity contribution in [3.8, 4) is 11.3 Å². The summed E-state index contributed by atoms with van der Waals surface area (Å²) < 4.78 is 0. The van der Waals surface area contributed by atoms with Gasteiger partial charge in [0, 0.05) is 28.7 Å². The van der Waals surface area contributed by atoms with Crippen molar-refractivity contribution in [2.45, 2.75) is 0 Å². The van der Waals surface area contributed by atoms with Crippen molar-refractivity contribution >= 4 is 21.7 Å². The highest BCUT2D eigenvalue weighted by Gasteiger charge is 2.08. The lowest BCUT2D eigenvalue weighted by Gasteiger charge is -2.08. The first kappa shape index (κ1) is 11.1. The van der Waals surface area contributed by atoms with Crippen LogP contribution < -0.4 is 0 Å². The van der Waals surface area contributed by atoms with Crippen LogP contribution in [0.25, 0.3) is 32.9 Å². The Morgan fingerprint density at radius 1 is 0.800 bits per heavy atom. The van der Waals surface area contributed by atoms with Gasteiger partial charge < -0.3 is 0 Å². The topological polar surface area (TPSA) is 38.7 Å². The van der Waals surface area contributed by atoms with Crippen LogP contribution in [0.15, 0.2) is 67.3 Å². The molecule has 4 aromatic rings. The molecule has 2 aromatic heterocycles. The Morgan fingerprint density at radius 2 is 1.75 bits per heavy atom. The standard InChI is InChI=1S/C17H11N3/c1-2-5-13-12(4-1)10-19-16-7-3-6-14(17(13)16)15-8-9-18-11-20-15/h1-11H. The zero-order chi connectivity index (χ0) is 13.4. The van der Waals surface area contributed by atoms with Gasteiger partial charge in [-0.3, -0.25) is 4.98 Å². The first-order chi connectivity index (χ1) is 9.93. The van der Waals surface area contributed by atoms with E-state index in [1.54, 1.807) is 12.5 Å². The Balaban J connectivity index is 2.19. The lowest BCUT2D eigenvalue weighted by Crippen LogP contribution is -1.89. The smallest absolute Gasteiger partial charge is 0.116 e. The van der Waals surface area contributed by atoms with Gasteiger partial charge in [0.05, 0.1) is 11.2 Å². The van der Waals surface area contributed by atoms with Gasteiger partial charge in [-0.15, -0.1) is 0 Å². The molecule has 0 N–H and O–H groups in total. The van der Waals surface area contributed by atoms with E-state index in [9.17, 15) is 0 Å². The molecule has 0 amide bonds. The van der Waals surface area contributed by atoms with Crippen molar-refractivity contribution in [3.05, 3.63) is 67.3 Å². The normalized spacial score (nSPS) is 11.0. The van der Waals surface area contributed by atoms with Crippen LogP contribution in [-0.4, -0.2) is 15.0 Å². The highest BCUT2D eigenvalue weighted by Crippen LogP contribution is 2.31. The van der Waals surface area contributed by atoms with E-state index < -0.39 is 0 Å². The summed E-state index contributed by atoms with van der Waals surface area (Å²) in [6, 6.07) is 16.4. The lowest BCUT2D eigenvalue weighted by atomic mass is 10.00. The van der Waals surface area contributed by atoms with Gasteiger partial charge in [-0.05, 0) is 17.5 Å². The molecule has 94 valence electrons. The minimum absolute atomic E-state index is 0.920. The molecule has 0 unspecified atom stereocenters. The zero-order valence-electron chi connectivity index (χ0n) is 10.7. The molecule has 3 nitrogen and oxygen atoms in total. The third-order valence-electron chi connectivity index (χ3n) is 3.47. The van der Waals surface area contributed by atoms with Gasteiger partial charge in [-0.2, -0.15) is 0 Å². The molecule has 0 aliphatic carbocycles. The number of fused-ring (bicyclic) bond motifs is 3. The highest BCUT2D eigenvalue weighted by atomic mass is 14.8. The third kappa shape index (κ3) is 1.64. The molecule has 0 bridgehead atoms. The summed E-state index contributed by atoms with van der Waals surface area (Å²) in [5.41, 5.74) is 3.00. The van der Waals surface area contributed by atoms with Crippen molar-refractivity contribution in [3.63, 3.8) is 0 Å². The Labute approximate surface area is 116 Å². The number of benzene rings is 2. The minimum atomic E-state index is 0.920. The molecule has 0 saturated carbocycles. The average Bonchev–Trinajstić information content (AvgIpc) is 2.55. The predicted molar refractivity (Wildman–Crippen MR) is 80.3 cm³/mol. The first-order valence-electron chi connectivity index (χ1n) is 6.46. The Morgan fingerprint density at radius 3 is 2.65 bits per heavy atom. The van der Waals surface area contributed by atoms with Gasteiger partial charge in [-0.25, -0.2) is 9.97 Å². The van der Waals surface area contributed by atoms with Crippen LogP contribution in [0.5, 0.6) is 0 Å². The number of pyridine rings is 1. The summed E-state index contributed by atoms with van der Waals surface area (Å²) in [4.78, 5) is 12.9. The number of nitrogens with zero attached hydrogens (tertiary/aromatic N) is 3. The third-order valence-corrected chi connectivity index (χ3v) is 3.47. The van der Waals surface area contributed by atoms with Gasteiger partial charge in [0.15, 0.2) is 0 Å². The number of rotatable bonds is 1. The van der Waals surface area contributed by atoms with Crippen LogP contribution in [0.4, 0.5) is 0 Å². The summed E-state index contributed by atoms with van der Waals surface area (Å²) in [7, 11) is 0. The second-order valence-electron chi connectivity index (χ2n) is 4.64. The summed E-state index contributed by atoms with van der Waals surface area (Å²) in [6.45, 7) is 0. The average molecular weight is 257 g/mol. The fraction of sp³-hybridized carbons (Fsp3) is 0. The molecule has 3 heteroatoms. The summed E-state index contributed by atoms with van der Waals surface area (Å²) >= 11 is 0. The van der Waals surface area contributed by atoms with Crippen LogP contribution >= 0.6 is 0 Å². The quantitative estimate of drug-likeness (QED) is 0.486. The van der Waals surface area contributed by atoms with E-state index in [1.807, 2.05) is 30.5 Å². The Kier molecular flexibility index (Phi) is 2.42. The molecule has 4 rings (SSSR count). The number of hydrogen-bond acceptors (Lipinski definition) is 3. The van der Waals surface area contributed by atoms with Crippen molar-refractivity contribution in [2.24, 2.45) is 0 Å². The maximum absolute atomic E-state index is 4.55. The van der Waals surface area contributed by atoms with Crippen LogP contribution in [0.3, 0.4) is 0 Å². The fourth-order valence-electron chi connectivity index (χ4n) is 2.57. The van der Waals surface area contributed by atoms with E-state index in [0.717, 1.165) is 27.5 Å². The van der Waals surface area contributed by atoms with Crippen molar-refractivity contribution < 1.29 is 0 Å². The second kappa shape index (κ2) is 4.38. The van der Waals surface area contributed by atoms with Crippen LogP contribution in [-0.2, 0) is 0 Å². The van der Waals surface area contributed by atoms with E-state index in [0.29, 0.717) is 0 Å². The molecule has 2 aromatic carbocycles. The predicted octanol–water partition coefficient (Wildman–Crippen LogP) is 3.85. The SMILES string of the molecule is c1ccc2c(c1)cnc1cccc(-c3ccncn3)c12. The molecule has 0 aliphatic rings. The van der Waals surface area contributed by atoms with E-state index >= 15 is 0 Å². The molecule has 0 saturated heterocycles. The highest BCUT2D eigenvalue weighted by molar-refractivity contribution is 6.12. The first-order valence-corrected chi connectivity index (χ1v) is 6.46. The molecule has 2 heterocycles. The van der Waals surface area contributed by atoms with E-state index in [1.165, 1.54) is 5.39 Å². The van der Waals surface area contributed by atoms with Crippen molar-refractivity contribution in [1.29, 1.82) is 0 Å². The van der Waals surface area contributed by atoms with Gasteiger partial charge in [0.2, 0.25) is 0 Å². The van der Waals surface area contributed by atoms with E-state index in [2.05, 4.69) is 39.2 Å². The number of hydrogen-bond donors (Lipinski definition) is 0. The van der Waals surface area contributed by atoms with Gasteiger partial charge in [-0.1, -0.05) is 36.4 Å². The lowest BCUT2D eigenvalue weighted by molar-refractivity contribution is 1.17. The monoisotopic (exact) mass is 257 g/mol. The largest absolute Gasteiger partial charge is 0.256 e. The second-order valence-corrected chi connectivity index (χ2v) is 4.64. The van der Waals surface area contributed by atoms with Gasteiger partial charge in [0.25, 0.3) is 0 Å². The summed E-state index contributed by atoms with van der Waals surface area (Å²) in [5, 5.41) is 3.48. The van der Waals surface area contributed by atoms with Crippen molar-refractivity contribution in [1.82, 2.24) is 15.0 Å². The van der Waals surface area contributed by atoms with E-state index in [4.69, 9.17) is 0 Å². The molecular weight excluding hydrogens is 246 g/mol. The molecule has 0 aliphatic heterocycles.